The molecule has 1 aromatic carbocycles. The third-order valence-corrected chi connectivity index (χ3v) is 3.46. The second-order valence-corrected chi connectivity index (χ2v) is 5.18. The van der Waals surface area contributed by atoms with Crippen LogP contribution in [0.25, 0.3) is 5.70 Å². The van der Waals surface area contributed by atoms with E-state index in [0.29, 0.717) is 12.0 Å². The highest BCUT2D eigenvalue weighted by atomic mass is 14.9. The molecule has 0 amide bonds. The molecule has 17 heavy (non-hydrogen) atoms. The molecule has 1 aromatic rings. The average Bonchev–Trinajstić information content (AvgIpc) is 2.28. The number of hydrogen-bond donors (Lipinski definition) is 1. The number of hydrogen-bond acceptors (Lipinski definition) is 1. The molecule has 0 heterocycles. The summed E-state index contributed by atoms with van der Waals surface area (Å²) in [6, 6.07) is 7.01. The lowest BCUT2D eigenvalue weighted by Crippen LogP contribution is -2.31. The molecular weight excluding hydrogens is 206 g/mol. The van der Waals surface area contributed by atoms with Crippen LogP contribution in [0.3, 0.4) is 0 Å². The first-order valence-corrected chi connectivity index (χ1v) is 6.48. The highest BCUT2D eigenvalue weighted by molar-refractivity contribution is 5.63. The van der Waals surface area contributed by atoms with Gasteiger partial charge in [-0.1, -0.05) is 39.5 Å². The van der Waals surface area contributed by atoms with E-state index in [9.17, 15) is 0 Å². The molecule has 1 heteroatoms. The summed E-state index contributed by atoms with van der Waals surface area (Å²) in [5, 5.41) is 3.53. The van der Waals surface area contributed by atoms with Gasteiger partial charge in [-0.25, -0.2) is 0 Å². The monoisotopic (exact) mass is 231 g/mol. The zero-order valence-corrected chi connectivity index (χ0v) is 11.8. The first-order chi connectivity index (χ1) is 7.95. The van der Waals surface area contributed by atoms with Crippen LogP contribution < -0.4 is 5.32 Å². The second-order valence-electron chi connectivity index (χ2n) is 5.18. The Bertz CT molecular complexity index is 391. The van der Waals surface area contributed by atoms with E-state index in [4.69, 9.17) is 0 Å². The zero-order chi connectivity index (χ0) is 13.0. The molecule has 0 saturated carbocycles. The Hall–Kier alpha value is -1.24. The number of aryl methyl sites for hydroxylation is 2. The van der Waals surface area contributed by atoms with Gasteiger partial charge in [0.1, 0.15) is 0 Å². The Balaban J connectivity index is 2.79. The molecule has 0 aliphatic heterocycles. The molecule has 0 radical (unpaired) electrons. The van der Waals surface area contributed by atoms with Crippen molar-refractivity contribution in [3.8, 4) is 0 Å². The van der Waals surface area contributed by atoms with Crippen LogP contribution in [0.15, 0.2) is 24.8 Å². The van der Waals surface area contributed by atoms with Crippen molar-refractivity contribution in [3.05, 3.63) is 41.5 Å². The molecule has 0 bridgehead atoms. The molecule has 0 aliphatic rings. The van der Waals surface area contributed by atoms with Gasteiger partial charge >= 0.3 is 0 Å². The van der Waals surface area contributed by atoms with Crippen LogP contribution in [0.2, 0.25) is 0 Å². The van der Waals surface area contributed by atoms with Gasteiger partial charge in [-0.15, -0.1) is 0 Å². The van der Waals surface area contributed by atoms with E-state index in [-0.39, 0.29) is 0 Å². The third kappa shape index (κ3) is 3.62. The minimum absolute atomic E-state index is 0.504. The smallest absolute Gasteiger partial charge is 0.0343 e. The lowest BCUT2D eigenvalue weighted by Gasteiger charge is -2.23. The molecule has 94 valence electrons. The molecule has 1 unspecified atom stereocenters. The van der Waals surface area contributed by atoms with Crippen molar-refractivity contribution in [2.75, 3.05) is 0 Å². The van der Waals surface area contributed by atoms with Crippen LogP contribution >= 0.6 is 0 Å². The Morgan fingerprint density at radius 1 is 1.24 bits per heavy atom. The van der Waals surface area contributed by atoms with Gasteiger partial charge in [0.15, 0.2) is 0 Å². The normalized spacial score (nSPS) is 12.6. The molecule has 0 saturated heterocycles. The second kappa shape index (κ2) is 5.90. The quantitative estimate of drug-likeness (QED) is 0.796. The minimum atomic E-state index is 0.504. The minimum Gasteiger partial charge on any atom is -0.382 e. The summed E-state index contributed by atoms with van der Waals surface area (Å²) in [5.74, 6) is 0.628. The van der Waals surface area contributed by atoms with Crippen LogP contribution in [0.5, 0.6) is 0 Å². The number of benzene rings is 1. The topological polar surface area (TPSA) is 12.0 Å². The molecular formula is C16H25N. The number of nitrogens with one attached hydrogen (secondary N) is 1. The van der Waals surface area contributed by atoms with Crippen molar-refractivity contribution in [1.29, 1.82) is 0 Å². The Kier molecular flexibility index (Phi) is 4.80. The van der Waals surface area contributed by atoms with E-state index in [1.54, 1.807) is 0 Å². The summed E-state index contributed by atoms with van der Waals surface area (Å²) >= 11 is 0. The van der Waals surface area contributed by atoms with Crippen molar-refractivity contribution in [1.82, 2.24) is 5.32 Å². The van der Waals surface area contributed by atoms with Crippen molar-refractivity contribution in [2.24, 2.45) is 5.92 Å². The largest absolute Gasteiger partial charge is 0.382 e. The maximum atomic E-state index is 4.15. The van der Waals surface area contributed by atoms with Gasteiger partial charge in [0, 0.05) is 11.7 Å². The fourth-order valence-electron chi connectivity index (χ4n) is 1.98. The van der Waals surface area contributed by atoms with Gasteiger partial charge in [-0.3, -0.25) is 0 Å². The summed E-state index contributed by atoms with van der Waals surface area (Å²) in [6.07, 6.45) is 1.13. The van der Waals surface area contributed by atoms with Crippen LogP contribution in [0.1, 0.15) is 43.9 Å². The first-order valence-electron chi connectivity index (χ1n) is 6.48. The van der Waals surface area contributed by atoms with E-state index in [0.717, 1.165) is 12.1 Å². The number of rotatable bonds is 5. The molecule has 0 aliphatic carbocycles. The van der Waals surface area contributed by atoms with E-state index in [2.05, 4.69) is 64.7 Å². The fourth-order valence-corrected chi connectivity index (χ4v) is 1.98. The van der Waals surface area contributed by atoms with E-state index in [1.165, 1.54) is 16.7 Å². The molecule has 1 rings (SSSR count). The van der Waals surface area contributed by atoms with Crippen molar-refractivity contribution < 1.29 is 0 Å². The van der Waals surface area contributed by atoms with Crippen molar-refractivity contribution in [2.45, 2.75) is 47.1 Å². The van der Waals surface area contributed by atoms with Gasteiger partial charge < -0.3 is 5.32 Å². The summed E-state index contributed by atoms with van der Waals surface area (Å²) < 4.78 is 0. The summed E-state index contributed by atoms with van der Waals surface area (Å²) in [7, 11) is 0. The van der Waals surface area contributed by atoms with Crippen LogP contribution in [-0.2, 0) is 0 Å². The molecule has 1 atom stereocenters. The highest BCUT2D eigenvalue weighted by Crippen LogP contribution is 2.17. The van der Waals surface area contributed by atoms with E-state index in [1.807, 2.05) is 0 Å². The predicted octanol–water partition coefficient (Wildman–Crippen LogP) is 4.30. The van der Waals surface area contributed by atoms with E-state index >= 15 is 0 Å². The summed E-state index contributed by atoms with van der Waals surface area (Å²) in [4.78, 5) is 0. The van der Waals surface area contributed by atoms with Gasteiger partial charge in [0.2, 0.25) is 0 Å². The lowest BCUT2D eigenvalue weighted by molar-refractivity contribution is 0.436. The SMILES string of the molecule is C=C(NC(CC)C(C)C)c1ccc(C)c(C)c1. The molecule has 0 fully saturated rings. The maximum Gasteiger partial charge on any atom is 0.0343 e. The molecule has 1 nitrogen and oxygen atoms in total. The molecule has 1 N–H and O–H groups in total. The summed E-state index contributed by atoms with van der Waals surface area (Å²) in [6.45, 7) is 15.1. The van der Waals surface area contributed by atoms with Gasteiger partial charge in [-0.2, -0.15) is 0 Å². The van der Waals surface area contributed by atoms with Crippen molar-refractivity contribution >= 4 is 5.70 Å². The zero-order valence-electron chi connectivity index (χ0n) is 11.8. The van der Waals surface area contributed by atoms with Gasteiger partial charge in [0.05, 0.1) is 0 Å². The molecule has 0 aromatic heterocycles. The summed E-state index contributed by atoms with van der Waals surface area (Å²) in [5.41, 5.74) is 4.89. The molecule has 0 spiro atoms. The van der Waals surface area contributed by atoms with Crippen molar-refractivity contribution in [3.63, 3.8) is 0 Å². The van der Waals surface area contributed by atoms with Gasteiger partial charge in [-0.05, 0) is 48.9 Å². The van der Waals surface area contributed by atoms with Crippen LogP contribution in [0, 0.1) is 19.8 Å². The third-order valence-electron chi connectivity index (χ3n) is 3.46. The standard InChI is InChI=1S/C16H25N/c1-7-16(11(2)3)17-14(6)15-9-8-12(4)13(5)10-15/h8-11,16-17H,6-7H2,1-5H3. The highest BCUT2D eigenvalue weighted by Gasteiger charge is 2.11. The Morgan fingerprint density at radius 3 is 2.35 bits per heavy atom. The predicted molar refractivity (Wildman–Crippen MR) is 77.0 cm³/mol. The van der Waals surface area contributed by atoms with E-state index < -0.39 is 0 Å². The lowest BCUT2D eigenvalue weighted by atomic mass is 9.99. The Labute approximate surface area is 106 Å². The van der Waals surface area contributed by atoms with Crippen LogP contribution in [-0.4, -0.2) is 6.04 Å². The Morgan fingerprint density at radius 2 is 1.88 bits per heavy atom. The average molecular weight is 231 g/mol. The van der Waals surface area contributed by atoms with Gasteiger partial charge in [0.25, 0.3) is 0 Å². The fraction of sp³-hybridized carbons (Fsp3) is 0.500. The maximum absolute atomic E-state index is 4.15. The first kappa shape index (κ1) is 13.8. The van der Waals surface area contributed by atoms with Crippen LogP contribution in [0.4, 0.5) is 0 Å².